The predicted octanol–water partition coefficient (Wildman–Crippen LogP) is 0.0241. The third-order valence-electron chi connectivity index (χ3n) is 2.54. The molecule has 0 spiro atoms. The van der Waals surface area contributed by atoms with E-state index >= 15 is 0 Å². The fourth-order valence-corrected chi connectivity index (χ4v) is 1.60. The van der Waals surface area contributed by atoms with Gasteiger partial charge in [0.1, 0.15) is 0 Å². The van der Waals surface area contributed by atoms with E-state index < -0.39 is 0 Å². The Labute approximate surface area is 77.9 Å². The van der Waals surface area contributed by atoms with Gasteiger partial charge < -0.3 is 11.1 Å². The van der Waals surface area contributed by atoms with Crippen LogP contribution in [0.3, 0.4) is 0 Å². The molecule has 0 aromatic rings. The summed E-state index contributed by atoms with van der Waals surface area (Å²) in [6.07, 6.45) is 2.25. The van der Waals surface area contributed by atoms with Crippen molar-refractivity contribution in [2.45, 2.75) is 26.2 Å². The topological polar surface area (TPSA) is 72.2 Å². The standard InChI is InChI=1S/C9H16N2O2/c1-6(9(10)13)4-7-2-3-8(12)11-5-7/h6-7H,2-5H2,1H3,(H2,10,13)(H,11,12). The first kappa shape index (κ1) is 10.0. The highest BCUT2D eigenvalue weighted by molar-refractivity contribution is 5.77. The molecule has 1 fully saturated rings. The summed E-state index contributed by atoms with van der Waals surface area (Å²) >= 11 is 0. The summed E-state index contributed by atoms with van der Waals surface area (Å²) in [5.74, 6) is 0.195. The van der Waals surface area contributed by atoms with E-state index in [1.807, 2.05) is 6.92 Å². The zero-order valence-electron chi connectivity index (χ0n) is 7.88. The molecule has 0 aliphatic carbocycles. The van der Waals surface area contributed by atoms with E-state index in [1.54, 1.807) is 0 Å². The Hall–Kier alpha value is -1.06. The van der Waals surface area contributed by atoms with E-state index in [-0.39, 0.29) is 17.7 Å². The van der Waals surface area contributed by atoms with Crippen molar-refractivity contribution in [2.75, 3.05) is 6.54 Å². The first-order chi connectivity index (χ1) is 6.09. The summed E-state index contributed by atoms with van der Waals surface area (Å²) in [6.45, 7) is 2.52. The lowest BCUT2D eigenvalue weighted by Crippen LogP contribution is -2.36. The zero-order chi connectivity index (χ0) is 9.84. The molecule has 1 heterocycles. The van der Waals surface area contributed by atoms with Crippen LogP contribution in [-0.2, 0) is 9.59 Å². The summed E-state index contributed by atoms with van der Waals surface area (Å²) in [7, 11) is 0. The van der Waals surface area contributed by atoms with Crippen LogP contribution in [0.5, 0.6) is 0 Å². The van der Waals surface area contributed by atoms with E-state index in [1.165, 1.54) is 0 Å². The Bertz CT molecular complexity index is 206. The van der Waals surface area contributed by atoms with Gasteiger partial charge in [-0.2, -0.15) is 0 Å². The van der Waals surface area contributed by atoms with Crippen LogP contribution in [0.2, 0.25) is 0 Å². The first-order valence-electron chi connectivity index (χ1n) is 4.65. The number of rotatable bonds is 3. The maximum Gasteiger partial charge on any atom is 0.220 e. The van der Waals surface area contributed by atoms with Crippen molar-refractivity contribution >= 4 is 11.8 Å². The monoisotopic (exact) mass is 184 g/mol. The summed E-state index contributed by atoms with van der Waals surface area (Å²) in [6, 6.07) is 0. The fourth-order valence-electron chi connectivity index (χ4n) is 1.60. The summed E-state index contributed by atoms with van der Waals surface area (Å²) < 4.78 is 0. The van der Waals surface area contributed by atoms with E-state index in [9.17, 15) is 9.59 Å². The Kier molecular flexibility index (Phi) is 3.28. The predicted molar refractivity (Wildman–Crippen MR) is 48.7 cm³/mol. The van der Waals surface area contributed by atoms with Crippen molar-refractivity contribution < 1.29 is 9.59 Å². The number of hydrogen-bond donors (Lipinski definition) is 2. The largest absolute Gasteiger partial charge is 0.369 e. The number of piperidine rings is 1. The van der Waals surface area contributed by atoms with Gasteiger partial charge in [0.2, 0.25) is 11.8 Å². The maximum atomic E-state index is 10.8. The van der Waals surface area contributed by atoms with Gasteiger partial charge in [0, 0.05) is 18.9 Å². The molecule has 13 heavy (non-hydrogen) atoms. The van der Waals surface area contributed by atoms with Gasteiger partial charge in [0.15, 0.2) is 0 Å². The second-order valence-corrected chi connectivity index (χ2v) is 3.75. The third-order valence-corrected chi connectivity index (χ3v) is 2.54. The van der Waals surface area contributed by atoms with Gasteiger partial charge in [-0.1, -0.05) is 6.92 Å². The smallest absolute Gasteiger partial charge is 0.220 e. The molecule has 0 radical (unpaired) electrons. The average molecular weight is 184 g/mol. The van der Waals surface area contributed by atoms with Crippen LogP contribution in [0.15, 0.2) is 0 Å². The Morgan fingerprint density at radius 1 is 1.77 bits per heavy atom. The number of amides is 2. The molecule has 0 bridgehead atoms. The zero-order valence-corrected chi connectivity index (χ0v) is 7.88. The number of nitrogens with one attached hydrogen (secondary N) is 1. The molecule has 2 unspecified atom stereocenters. The van der Waals surface area contributed by atoms with Gasteiger partial charge in [-0.25, -0.2) is 0 Å². The van der Waals surface area contributed by atoms with Crippen LogP contribution in [0.1, 0.15) is 26.2 Å². The molecule has 1 aliphatic heterocycles. The Balaban J connectivity index is 2.30. The molecular formula is C9H16N2O2. The lowest BCUT2D eigenvalue weighted by molar-refractivity contribution is -0.123. The van der Waals surface area contributed by atoms with Crippen molar-refractivity contribution in [3.63, 3.8) is 0 Å². The van der Waals surface area contributed by atoms with Crippen molar-refractivity contribution in [3.8, 4) is 0 Å². The van der Waals surface area contributed by atoms with Gasteiger partial charge in [-0.15, -0.1) is 0 Å². The number of primary amides is 1. The Morgan fingerprint density at radius 3 is 2.92 bits per heavy atom. The van der Waals surface area contributed by atoms with Crippen LogP contribution >= 0.6 is 0 Å². The maximum absolute atomic E-state index is 10.8. The minimum atomic E-state index is -0.253. The highest BCUT2D eigenvalue weighted by atomic mass is 16.2. The molecule has 0 aromatic heterocycles. The number of carbonyl (C=O) groups excluding carboxylic acids is 2. The van der Waals surface area contributed by atoms with Crippen LogP contribution in [0.4, 0.5) is 0 Å². The number of nitrogens with two attached hydrogens (primary N) is 1. The van der Waals surface area contributed by atoms with Crippen molar-refractivity contribution in [1.82, 2.24) is 5.32 Å². The minimum Gasteiger partial charge on any atom is -0.369 e. The van der Waals surface area contributed by atoms with Gasteiger partial charge in [0.05, 0.1) is 0 Å². The SMILES string of the molecule is CC(CC1CCC(=O)NC1)C(N)=O. The van der Waals surface area contributed by atoms with Crippen LogP contribution in [0.25, 0.3) is 0 Å². The molecule has 0 aromatic carbocycles. The molecule has 1 rings (SSSR count). The van der Waals surface area contributed by atoms with Gasteiger partial charge in [0.25, 0.3) is 0 Å². The first-order valence-corrected chi connectivity index (χ1v) is 4.65. The van der Waals surface area contributed by atoms with Crippen molar-refractivity contribution in [1.29, 1.82) is 0 Å². The van der Waals surface area contributed by atoms with E-state index in [4.69, 9.17) is 5.73 Å². The highest BCUT2D eigenvalue weighted by Gasteiger charge is 2.21. The number of hydrogen-bond acceptors (Lipinski definition) is 2. The highest BCUT2D eigenvalue weighted by Crippen LogP contribution is 2.19. The molecule has 0 saturated carbocycles. The van der Waals surface area contributed by atoms with E-state index in [2.05, 4.69) is 5.32 Å². The van der Waals surface area contributed by atoms with Crippen LogP contribution in [-0.4, -0.2) is 18.4 Å². The molecule has 1 saturated heterocycles. The second-order valence-electron chi connectivity index (χ2n) is 3.75. The average Bonchev–Trinajstić information content (AvgIpc) is 2.08. The molecule has 74 valence electrons. The molecule has 2 atom stereocenters. The minimum absolute atomic E-state index is 0.0833. The summed E-state index contributed by atoms with van der Waals surface area (Å²) in [5.41, 5.74) is 5.15. The quantitative estimate of drug-likeness (QED) is 0.649. The van der Waals surface area contributed by atoms with Crippen LogP contribution in [0, 0.1) is 11.8 Å². The molecule has 2 amide bonds. The van der Waals surface area contributed by atoms with E-state index in [0.29, 0.717) is 18.9 Å². The van der Waals surface area contributed by atoms with Gasteiger partial charge >= 0.3 is 0 Å². The van der Waals surface area contributed by atoms with Crippen LogP contribution < -0.4 is 11.1 Å². The molecular weight excluding hydrogens is 168 g/mol. The van der Waals surface area contributed by atoms with Gasteiger partial charge in [-0.05, 0) is 18.8 Å². The summed E-state index contributed by atoms with van der Waals surface area (Å²) in [4.78, 5) is 21.6. The molecule has 3 N–H and O–H groups in total. The van der Waals surface area contributed by atoms with Gasteiger partial charge in [-0.3, -0.25) is 9.59 Å². The normalized spacial score (nSPS) is 25.0. The second kappa shape index (κ2) is 4.25. The van der Waals surface area contributed by atoms with E-state index in [0.717, 1.165) is 12.8 Å². The third kappa shape index (κ3) is 3.05. The lowest BCUT2D eigenvalue weighted by Gasteiger charge is -2.23. The van der Waals surface area contributed by atoms with Crippen molar-refractivity contribution in [2.24, 2.45) is 17.6 Å². The lowest BCUT2D eigenvalue weighted by atomic mass is 9.89. The Morgan fingerprint density at radius 2 is 2.46 bits per heavy atom. The van der Waals surface area contributed by atoms with Crippen molar-refractivity contribution in [3.05, 3.63) is 0 Å². The molecule has 4 heteroatoms. The fraction of sp³-hybridized carbons (Fsp3) is 0.778. The summed E-state index contributed by atoms with van der Waals surface area (Å²) in [5, 5.41) is 2.79. The molecule has 1 aliphatic rings. The molecule has 4 nitrogen and oxygen atoms in total. The number of carbonyl (C=O) groups is 2.